The van der Waals surface area contributed by atoms with Gasteiger partial charge in [-0.1, -0.05) is 18.2 Å². The van der Waals surface area contributed by atoms with Gasteiger partial charge in [0.25, 0.3) is 5.91 Å². The Kier molecular flexibility index (Phi) is 4.17. The van der Waals surface area contributed by atoms with Crippen molar-refractivity contribution >= 4 is 5.91 Å². The molecular formula is C11H12N2O2. The lowest BCUT2D eigenvalue weighted by molar-refractivity contribution is -0.127. The molecule has 0 aliphatic carbocycles. The van der Waals surface area contributed by atoms with E-state index in [1.165, 1.54) is 0 Å². The summed E-state index contributed by atoms with van der Waals surface area (Å²) in [6.07, 6.45) is -0.597. The highest BCUT2D eigenvalue weighted by Gasteiger charge is 2.13. The molecular weight excluding hydrogens is 192 g/mol. The first-order valence-electron chi connectivity index (χ1n) is 4.60. The second-order valence-electron chi connectivity index (χ2n) is 2.95. The zero-order valence-electron chi connectivity index (χ0n) is 8.43. The molecule has 1 rings (SSSR count). The lowest BCUT2D eigenvalue weighted by atomic mass is 10.3. The number of amides is 1. The van der Waals surface area contributed by atoms with Crippen molar-refractivity contribution in [1.82, 2.24) is 5.32 Å². The Labute approximate surface area is 88.5 Å². The molecule has 0 aliphatic heterocycles. The minimum atomic E-state index is -0.597. The predicted octanol–water partition coefficient (Wildman–Crippen LogP) is 1.09. The maximum absolute atomic E-state index is 11.3. The molecule has 0 saturated carbocycles. The fraction of sp³-hybridized carbons (Fsp3) is 0.273. The van der Waals surface area contributed by atoms with Crippen molar-refractivity contribution in [2.45, 2.75) is 13.0 Å². The minimum absolute atomic E-state index is 0.00131. The summed E-state index contributed by atoms with van der Waals surface area (Å²) in [7, 11) is 0. The van der Waals surface area contributed by atoms with E-state index < -0.39 is 6.10 Å². The van der Waals surface area contributed by atoms with Crippen LogP contribution in [0.15, 0.2) is 30.3 Å². The third-order valence-electron chi connectivity index (χ3n) is 1.77. The molecule has 0 bridgehead atoms. The summed E-state index contributed by atoms with van der Waals surface area (Å²) < 4.78 is 5.35. The number of carbonyl (C=O) groups excluding carboxylic acids is 1. The summed E-state index contributed by atoms with van der Waals surface area (Å²) in [5.74, 6) is 0.345. The number of hydrogen-bond donors (Lipinski definition) is 1. The molecule has 0 aliphatic rings. The van der Waals surface area contributed by atoms with Crippen LogP contribution in [0.5, 0.6) is 5.75 Å². The summed E-state index contributed by atoms with van der Waals surface area (Å²) in [4.78, 5) is 11.3. The van der Waals surface area contributed by atoms with E-state index in [0.717, 1.165) is 0 Å². The van der Waals surface area contributed by atoms with E-state index in [9.17, 15) is 4.79 Å². The van der Waals surface area contributed by atoms with E-state index in [1.807, 2.05) is 24.3 Å². The Morgan fingerprint density at radius 1 is 1.53 bits per heavy atom. The molecule has 78 valence electrons. The lowest BCUT2D eigenvalue weighted by Gasteiger charge is -2.13. The minimum Gasteiger partial charge on any atom is -0.481 e. The highest BCUT2D eigenvalue weighted by molar-refractivity contribution is 5.80. The van der Waals surface area contributed by atoms with E-state index in [1.54, 1.807) is 19.1 Å². The Morgan fingerprint density at radius 2 is 2.20 bits per heavy atom. The zero-order valence-corrected chi connectivity index (χ0v) is 8.43. The van der Waals surface area contributed by atoms with E-state index in [4.69, 9.17) is 10.00 Å². The zero-order chi connectivity index (χ0) is 11.1. The Balaban J connectivity index is 2.46. The smallest absolute Gasteiger partial charge is 0.261 e. The Morgan fingerprint density at radius 3 is 2.80 bits per heavy atom. The first-order valence-corrected chi connectivity index (χ1v) is 4.60. The topological polar surface area (TPSA) is 62.1 Å². The molecule has 1 N–H and O–H groups in total. The van der Waals surface area contributed by atoms with Crippen molar-refractivity contribution in [3.05, 3.63) is 30.3 Å². The van der Waals surface area contributed by atoms with Crippen LogP contribution < -0.4 is 10.1 Å². The van der Waals surface area contributed by atoms with Gasteiger partial charge in [-0.3, -0.25) is 4.79 Å². The van der Waals surface area contributed by atoms with Gasteiger partial charge in [-0.25, -0.2) is 0 Å². The number of para-hydroxylation sites is 1. The summed E-state index contributed by atoms with van der Waals surface area (Å²) in [6.45, 7) is 1.64. The molecule has 1 aromatic rings. The number of nitriles is 1. The van der Waals surface area contributed by atoms with Crippen molar-refractivity contribution in [3.8, 4) is 11.8 Å². The van der Waals surface area contributed by atoms with Gasteiger partial charge in [0.2, 0.25) is 0 Å². The molecule has 4 nitrogen and oxygen atoms in total. The number of rotatable bonds is 4. The van der Waals surface area contributed by atoms with Crippen molar-refractivity contribution < 1.29 is 9.53 Å². The number of benzene rings is 1. The maximum atomic E-state index is 11.3. The number of nitrogens with one attached hydrogen (secondary N) is 1. The third kappa shape index (κ3) is 3.69. The molecule has 0 saturated heterocycles. The standard InChI is InChI=1S/C11H12N2O2/c1-9(11(14)13-8-7-12)15-10-5-3-2-4-6-10/h2-6,9H,8H2,1H3,(H,13,14)/t9-/m1/s1. The molecule has 0 fully saturated rings. The van der Waals surface area contributed by atoms with Gasteiger partial charge in [-0.15, -0.1) is 0 Å². The quantitative estimate of drug-likeness (QED) is 0.747. The first-order chi connectivity index (χ1) is 7.24. The normalized spacial score (nSPS) is 11.2. The second kappa shape index (κ2) is 5.66. The van der Waals surface area contributed by atoms with Gasteiger partial charge in [0.1, 0.15) is 12.3 Å². The Hall–Kier alpha value is -2.02. The molecule has 0 spiro atoms. The highest BCUT2D eigenvalue weighted by Crippen LogP contribution is 2.10. The number of hydrogen-bond acceptors (Lipinski definition) is 3. The van der Waals surface area contributed by atoms with Gasteiger partial charge in [0.15, 0.2) is 6.10 Å². The van der Waals surface area contributed by atoms with Crippen LogP contribution in [-0.4, -0.2) is 18.6 Å². The molecule has 1 aromatic carbocycles. The van der Waals surface area contributed by atoms with Crippen molar-refractivity contribution in [2.75, 3.05) is 6.54 Å². The van der Waals surface area contributed by atoms with E-state index in [0.29, 0.717) is 5.75 Å². The van der Waals surface area contributed by atoms with Gasteiger partial charge in [-0.05, 0) is 19.1 Å². The molecule has 0 heterocycles. The SMILES string of the molecule is C[C@@H](Oc1ccccc1)C(=O)NCC#N. The van der Waals surface area contributed by atoms with Gasteiger partial charge in [-0.2, -0.15) is 5.26 Å². The molecule has 4 heteroatoms. The van der Waals surface area contributed by atoms with E-state index in [2.05, 4.69) is 5.32 Å². The van der Waals surface area contributed by atoms with Crippen LogP contribution in [-0.2, 0) is 4.79 Å². The average Bonchev–Trinajstić information content (AvgIpc) is 2.27. The molecule has 0 unspecified atom stereocenters. The van der Waals surface area contributed by atoms with E-state index in [-0.39, 0.29) is 12.5 Å². The van der Waals surface area contributed by atoms with Crippen LogP contribution in [0.4, 0.5) is 0 Å². The van der Waals surface area contributed by atoms with Crippen LogP contribution in [0.3, 0.4) is 0 Å². The average molecular weight is 204 g/mol. The molecule has 1 amide bonds. The number of ether oxygens (including phenoxy) is 1. The lowest BCUT2D eigenvalue weighted by Crippen LogP contribution is -2.36. The van der Waals surface area contributed by atoms with Crippen LogP contribution in [0.25, 0.3) is 0 Å². The van der Waals surface area contributed by atoms with Crippen LogP contribution in [0.2, 0.25) is 0 Å². The summed E-state index contributed by atoms with van der Waals surface area (Å²) in [5.41, 5.74) is 0. The van der Waals surface area contributed by atoms with Gasteiger partial charge >= 0.3 is 0 Å². The predicted molar refractivity (Wildman–Crippen MR) is 55.2 cm³/mol. The molecule has 15 heavy (non-hydrogen) atoms. The third-order valence-corrected chi connectivity index (χ3v) is 1.77. The van der Waals surface area contributed by atoms with Crippen molar-refractivity contribution in [2.24, 2.45) is 0 Å². The molecule has 1 atom stereocenters. The highest BCUT2D eigenvalue weighted by atomic mass is 16.5. The summed E-state index contributed by atoms with van der Waals surface area (Å²) in [5, 5.41) is 10.7. The second-order valence-corrected chi connectivity index (χ2v) is 2.95. The monoisotopic (exact) mass is 204 g/mol. The van der Waals surface area contributed by atoms with Gasteiger partial charge in [0, 0.05) is 0 Å². The number of carbonyl (C=O) groups is 1. The van der Waals surface area contributed by atoms with Gasteiger partial charge < -0.3 is 10.1 Å². The Bertz CT molecular complexity index is 357. The van der Waals surface area contributed by atoms with Crippen LogP contribution >= 0.6 is 0 Å². The molecule has 0 radical (unpaired) electrons. The van der Waals surface area contributed by atoms with Crippen molar-refractivity contribution in [3.63, 3.8) is 0 Å². The number of nitrogens with zero attached hydrogens (tertiary/aromatic N) is 1. The summed E-state index contributed by atoms with van der Waals surface area (Å²) >= 11 is 0. The van der Waals surface area contributed by atoms with E-state index >= 15 is 0 Å². The summed E-state index contributed by atoms with van der Waals surface area (Å²) in [6, 6.07) is 10.9. The maximum Gasteiger partial charge on any atom is 0.261 e. The largest absolute Gasteiger partial charge is 0.481 e. The van der Waals surface area contributed by atoms with Crippen LogP contribution in [0, 0.1) is 11.3 Å². The first kappa shape index (κ1) is 11.1. The van der Waals surface area contributed by atoms with Crippen molar-refractivity contribution in [1.29, 1.82) is 5.26 Å². The fourth-order valence-electron chi connectivity index (χ4n) is 1.03. The van der Waals surface area contributed by atoms with Gasteiger partial charge in [0.05, 0.1) is 6.07 Å². The molecule has 0 aromatic heterocycles. The fourth-order valence-corrected chi connectivity index (χ4v) is 1.03. The van der Waals surface area contributed by atoms with Crippen LogP contribution in [0.1, 0.15) is 6.92 Å².